The standard InChI is InChI=1S/C6H14NO/c1-5(2)4-7-6(3)8/h4-8H,1-3H3. The summed E-state index contributed by atoms with van der Waals surface area (Å²) in [6, 6.07) is 0. The summed E-state index contributed by atoms with van der Waals surface area (Å²) in [6.07, 6.45) is -0.419. The van der Waals surface area contributed by atoms with Crippen molar-refractivity contribution in [3.05, 3.63) is 6.54 Å². The number of hydrogen-bond donors (Lipinski definition) is 2. The van der Waals surface area contributed by atoms with Gasteiger partial charge in [-0.25, -0.2) is 0 Å². The average molecular weight is 116 g/mol. The fraction of sp³-hybridized carbons (Fsp3) is 0.833. The third kappa shape index (κ3) is 5.92. The van der Waals surface area contributed by atoms with Crippen LogP contribution in [-0.2, 0) is 0 Å². The van der Waals surface area contributed by atoms with Crippen molar-refractivity contribution in [1.29, 1.82) is 0 Å². The van der Waals surface area contributed by atoms with Crippen LogP contribution in [0.4, 0.5) is 0 Å². The lowest BCUT2D eigenvalue weighted by atomic mass is 10.2. The van der Waals surface area contributed by atoms with Crippen molar-refractivity contribution in [2.45, 2.75) is 27.0 Å². The minimum atomic E-state index is -0.419. The highest BCUT2D eigenvalue weighted by Gasteiger charge is 1.95. The van der Waals surface area contributed by atoms with Crippen molar-refractivity contribution >= 4 is 0 Å². The molecule has 0 aromatic rings. The van der Waals surface area contributed by atoms with E-state index in [0.717, 1.165) is 0 Å². The molecule has 0 rings (SSSR count). The second-order valence-electron chi connectivity index (χ2n) is 2.25. The van der Waals surface area contributed by atoms with Crippen molar-refractivity contribution in [1.82, 2.24) is 5.32 Å². The van der Waals surface area contributed by atoms with Gasteiger partial charge < -0.3 is 5.11 Å². The molecule has 49 valence electrons. The second kappa shape index (κ2) is 3.87. The van der Waals surface area contributed by atoms with Gasteiger partial charge in [0.1, 0.15) is 6.23 Å². The van der Waals surface area contributed by atoms with Crippen LogP contribution in [0.15, 0.2) is 0 Å². The van der Waals surface area contributed by atoms with Crippen LogP contribution in [0.2, 0.25) is 0 Å². The first-order valence-corrected chi connectivity index (χ1v) is 2.90. The summed E-state index contributed by atoms with van der Waals surface area (Å²) >= 11 is 0. The summed E-state index contributed by atoms with van der Waals surface area (Å²) in [5.74, 6) is 0.490. The van der Waals surface area contributed by atoms with Crippen molar-refractivity contribution in [3.63, 3.8) is 0 Å². The molecule has 0 fully saturated rings. The van der Waals surface area contributed by atoms with Crippen LogP contribution in [0.1, 0.15) is 20.8 Å². The summed E-state index contributed by atoms with van der Waals surface area (Å²) in [4.78, 5) is 0. The van der Waals surface area contributed by atoms with Crippen molar-refractivity contribution < 1.29 is 5.11 Å². The van der Waals surface area contributed by atoms with Gasteiger partial charge in [0.05, 0.1) is 0 Å². The molecule has 0 heterocycles. The van der Waals surface area contributed by atoms with E-state index in [1.807, 2.05) is 6.54 Å². The molecular weight excluding hydrogens is 102 g/mol. The average Bonchev–Trinajstić information content (AvgIpc) is 1.61. The van der Waals surface area contributed by atoms with E-state index in [4.69, 9.17) is 5.11 Å². The van der Waals surface area contributed by atoms with Crippen LogP contribution in [0, 0.1) is 12.5 Å². The lowest BCUT2D eigenvalue weighted by Crippen LogP contribution is -2.24. The van der Waals surface area contributed by atoms with Gasteiger partial charge in [-0.2, -0.15) is 0 Å². The Morgan fingerprint density at radius 3 is 2.00 bits per heavy atom. The summed E-state index contributed by atoms with van der Waals surface area (Å²) in [6.45, 7) is 7.66. The van der Waals surface area contributed by atoms with Gasteiger partial charge in [-0.05, 0) is 12.8 Å². The van der Waals surface area contributed by atoms with E-state index < -0.39 is 6.23 Å². The summed E-state index contributed by atoms with van der Waals surface area (Å²) in [5, 5.41) is 11.4. The molecule has 0 spiro atoms. The van der Waals surface area contributed by atoms with Crippen molar-refractivity contribution in [2.75, 3.05) is 0 Å². The van der Waals surface area contributed by atoms with Crippen LogP contribution < -0.4 is 5.32 Å². The summed E-state index contributed by atoms with van der Waals surface area (Å²) in [7, 11) is 0. The molecular formula is C6H14NO. The molecule has 0 aliphatic carbocycles. The molecule has 2 N–H and O–H groups in total. The van der Waals surface area contributed by atoms with Gasteiger partial charge in [-0.1, -0.05) is 13.8 Å². The normalized spacial score (nSPS) is 14.6. The minimum Gasteiger partial charge on any atom is -0.379 e. The molecule has 1 atom stereocenters. The fourth-order valence-corrected chi connectivity index (χ4v) is 0.332. The molecule has 0 aromatic heterocycles. The number of aliphatic hydroxyl groups is 1. The molecule has 0 aromatic carbocycles. The largest absolute Gasteiger partial charge is 0.379 e. The maximum absolute atomic E-state index is 8.66. The third-order valence-electron chi connectivity index (χ3n) is 0.671. The molecule has 1 unspecified atom stereocenters. The topological polar surface area (TPSA) is 32.3 Å². The van der Waals surface area contributed by atoms with Crippen LogP contribution in [-0.4, -0.2) is 11.3 Å². The minimum absolute atomic E-state index is 0.419. The first kappa shape index (κ1) is 7.92. The van der Waals surface area contributed by atoms with E-state index in [9.17, 15) is 0 Å². The maximum atomic E-state index is 8.66. The van der Waals surface area contributed by atoms with Gasteiger partial charge in [0.15, 0.2) is 0 Å². The van der Waals surface area contributed by atoms with Crippen LogP contribution in [0.25, 0.3) is 0 Å². The number of rotatable bonds is 3. The van der Waals surface area contributed by atoms with Gasteiger partial charge in [-0.15, -0.1) is 0 Å². The lowest BCUT2D eigenvalue weighted by molar-refractivity contribution is 0.163. The first-order chi connectivity index (χ1) is 3.63. The van der Waals surface area contributed by atoms with E-state index in [1.165, 1.54) is 0 Å². The molecule has 0 bridgehead atoms. The Balaban J connectivity index is 2.93. The Morgan fingerprint density at radius 1 is 1.38 bits per heavy atom. The van der Waals surface area contributed by atoms with E-state index >= 15 is 0 Å². The Bertz CT molecular complexity index is 44.5. The smallest absolute Gasteiger partial charge is 0.102 e. The first-order valence-electron chi connectivity index (χ1n) is 2.90. The molecule has 0 aliphatic rings. The van der Waals surface area contributed by atoms with Gasteiger partial charge in [0.25, 0.3) is 0 Å². The highest BCUT2D eigenvalue weighted by Crippen LogP contribution is 1.92. The second-order valence-corrected chi connectivity index (χ2v) is 2.25. The zero-order valence-electron chi connectivity index (χ0n) is 5.68. The predicted octanol–water partition coefficient (Wildman–Crippen LogP) is 0.732. The SMILES string of the molecule is CC(C)[CH]NC(C)O. The van der Waals surface area contributed by atoms with Crippen LogP contribution in [0.5, 0.6) is 0 Å². The monoisotopic (exact) mass is 116 g/mol. The highest BCUT2D eigenvalue weighted by molar-refractivity contribution is 4.65. The predicted molar refractivity (Wildman–Crippen MR) is 34.0 cm³/mol. The third-order valence-corrected chi connectivity index (χ3v) is 0.671. The van der Waals surface area contributed by atoms with Gasteiger partial charge in [-0.3, -0.25) is 5.32 Å². The molecule has 0 aliphatic heterocycles. The van der Waals surface area contributed by atoms with E-state index in [2.05, 4.69) is 19.2 Å². The quantitative estimate of drug-likeness (QED) is 0.533. The van der Waals surface area contributed by atoms with Crippen molar-refractivity contribution in [3.8, 4) is 0 Å². The molecule has 0 saturated heterocycles. The van der Waals surface area contributed by atoms with Crippen LogP contribution in [0.3, 0.4) is 0 Å². The van der Waals surface area contributed by atoms with Crippen molar-refractivity contribution in [2.24, 2.45) is 5.92 Å². The van der Waals surface area contributed by atoms with Gasteiger partial charge >= 0.3 is 0 Å². The van der Waals surface area contributed by atoms with E-state index in [0.29, 0.717) is 5.92 Å². The van der Waals surface area contributed by atoms with E-state index in [-0.39, 0.29) is 0 Å². The number of hydrogen-bond acceptors (Lipinski definition) is 2. The van der Waals surface area contributed by atoms with Gasteiger partial charge in [0.2, 0.25) is 0 Å². The molecule has 1 radical (unpaired) electrons. The highest BCUT2D eigenvalue weighted by atomic mass is 16.3. The number of nitrogens with one attached hydrogen (secondary N) is 1. The van der Waals surface area contributed by atoms with Gasteiger partial charge in [0, 0.05) is 6.54 Å². The number of aliphatic hydroxyl groups excluding tert-OH is 1. The Kier molecular flexibility index (Phi) is 3.83. The fourth-order valence-electron chi connectivity index (χ4n) is 0.332. The zero-order chi connectivity index (χ0) is 6.57. The Morgan fingerprint density at radius 2 is 1.88 bits per heavy atom. The molecule has 0 saturated carbocycles. The summed E-state index contributed by atoms with van der Waals surface area (Å²) < 4.78 is 0. The molecule has 0 amide bonds. The molecule has 2 heteroatoms. The molecule has 8 heavy (non-hydrogen) atoms. The Labute approximate surface area is 50.9 Å². The lowest BCUT2D eigenvalue weighted by Gasteiger charge is -2.07. The maximum Gasteiger partial charge on any atom is 0.102 e. The van der Waals surface area contributed by atoms with E-state index in [1.54, 1.807) is 6.92 Å². The Hall–Kier alpha value is -0.0800. The summed E-state index contributed by atoms with van der Waals surface area (Å²) in [5.41, 5.74) is 0. The van der Waals surface area contributed by atoms with Crippen LogP contribution >= 0.6 is 0 Å². The molecule has 2 nitrogen and oxygen atoms in total. The zero-order valence-corrected chi connectivity index (χ0v) is 5.68.